The van der Waals surface area contributed by atoms with Gasteiger partial charge in [-0.15, -0.1) is 0 Å². The van der Waals surface area contributed by atoms with Gasteiger partial charge in [0.1, 0.15) is 5.78 Å². The number of rotatable bonds is 0. The average Bonchev–Trinajstić information content (AvgIpc) is 2.23. The minimum atomic E-state index is 0.243. The highest BCUT2D eigenvalue weighted by molar-refractivity contribution is 5.81. The third-order valence-corrected chi connectivity index (χ3v) is 3.32. The van der Waals surface area contributed by atoms with Gasteiger partial charge in [-0.2, -0.15) is 0 Å². The van der Waals surface area contributed by atoms with E-state index in [0.29, 0.717) is 17.9 Å². The second-order valence-electron chi connectivity index (χ2n) is 5.41. The molecule has 2 heterocycles. The highest BCUT2D eigenvalue weighted by Crippen LogP contribution is 2.38. The molecule has 2 aliphatic rings. The number of hydrogen-bond donors (Lipinski definition) is 0. The van der Waals surface area contributed by atoms with E-state index in [9.17, 15) is 4.79 Å². The van der Waals surface area contributed by atoms with Crippen molar-refractivity contribution in [2.75, 3.05) is 0 Å². The first-order valence-corrected chi connectivity index (χ1v) is 5.28. The number of ketones is 1. The first-order valence-electron chi connectivity index (χ1n) is 5.28. The lowest BCUT2D eigenvalue weighted by molar-refractivity contribution is -0.125. The van der Waals surface area contributed by atoms with Gasteiger partial charge in [0.25, 0.3) is 0 Å². The maximum Gasteiger partial charge on any atom is 0.136 e. The zero-order valence-corrected chi connectivity index (χ0v) is 8.84. The van der Waals surface area contributed by atoms with Crippen molar-refractivity contribution in [2.45, 2.75) is 64.1 Å². The van der Waals surface area contributed by atoms with Gasteiger partial charge in [0.05, 0.1) is 0 Å². The molecule has 0 amide bonds. The molecule has 2 atom stereocenters. The largest absolute Gasteiger partial charge is 0.300 e. The molecule has 2 rings (SSSR count). The van der Waals surface area contributed by atoms with Gasteiger partial charge in [0.15, 0.2) is 0 Å². The number of Topliss-reactive ketones (excluding diaryl/α,β-unsaturated/α-hetero) is 1. The Morgan fingerprint density at radius 3 is 2.00 bits per heavy atom. The van der Waals surface area contributed by atoms with Gasteiger partial charge in [-0.1, -0.05) is 0 Å². The van der Waals surface area contributed by atoms with E-state index in [1.54, 1.807) is 0 Å². The number of fused-ring (bicyclic) bond motifs is 2. The number of nitrogens with zero attached hydrogens (tertiary/aromatic N) is 1. The lowest BCUT2D eigenvalue weighted by Crippen LogP contribution is -2.52. The van der Waals surface area contributed by atoms with Crippen LogP contribution in [0.25, 0.3) is 0 Å². The molecule has 0 aliphatic carbocycles. The molecule has 0 radical (unpaired) electrons. The van der Waals surface area contributed by atoms with E-state index in [-0.39, 0.29) is 5.54 Å². The summed E-state index contributed by atoms with van der Waals surface area (Å²) in [6.45, 7) is 6.77. The molecule has 2 unspecified atom stereocenters. The minimum absolute atomic E-state index is 0.243. The molecular weight excluding hydrogens is 162 g/mol. The van der Waals surface area contributed by atoms with Crippen LogP contribution in [0.4, 0.5) is 0 Å². The molecule has 0 N–H and O–H groups in total. The second-order valence-corrected chi connectivity index (χ2v) is 5.41. The number of hydrogen-bond acceptors (Lipinski definition) is 2. The Morgan fingerprint density at radius 1 is 1.15 bits per heavy atom. The molecule has 13 heavy (non-hydrogen) atoms. The van der Waals surface area contributed by atoms with E-state index in [1.165, 1.54) is 12.8 Å². The summed E-state index contributed by atoms with van der Waals surface area (Å²) in [4.78, 5) is 13.9. The molecule has 0 spiro atoms. The summed E-state index contributed by atoms with van der Waals surface area (Å²) in [5, 5.41) is 0. The summed E-state index contributed by atoms with van der Waals surface area (Å²) in [7, 11) is 0. The molecule has 74 valence electrons. The van der Waals surface area contributed by atoms with Crippen LogP contribution in [0.1, 0.15) is 46.5 Å². The van der Waals surface area contributed by atoms with E-state index >= 15 is 0 Å². The van der Waals surface area contributed by atoms with Crippen LogP contribution >= 0.6 is 0 Å². The quantitative estimate of drug-likeness (QED) is 0.569. The summed E-state index contributed by atoms with van der Waals surface area (Å²) in [5.74, 6) is 0.480. The lowest BCUT2D eigenvalue weighted by atomic mass is 9.94. The van der Waals surface area contributed by atoms with Crippen LogP contribution in [-0.4, -0.2) is 28.3 Å². The molecule has 2 heteroatoms. The third kappa shape index (κ3) is 1.52. The molecule has 2 saturated heterocycles. The predicted molar refractivity (Wildman–Crippen MR) is 52.6 cm³/mol. The van der Waals surface area contributed by atoms with Crippen LogP contribution in [0.2, 0.25) is 0 Å². The summed E-state index contributed by atoms with van der Waals surface area (Å²) in [6, 6.07) is 1.09. The normalized spacial score (nSPS) is 35.5. The molecule has 2 nitrogen and oxygen atoms in total. The Morgan fingerprint density at radius 2 is 1.62 bits per heavy atom. The number of carbonyl (C=O) groups excluding carboxylic acids is 1. The Kier molecular flexibility index (Phi) is 1.99. The highest BCUT2D eigenvalue weighted by Gasteiger charge is 2.44. The predicted octanol–water partition coefficient (Wildman–Crippen LogP) is 1.98. The zero-order chi connectivity index (χ0) is 9.64. The lowest BCUT2D eigenvalue weighted by Gasteiger charge is -2.43. The summed E-state index contributed by atoms with van der Waals surface area (Å²) in [5.41, 5.74) is 0.243. The molecule has 0 aromatic heterocycles. The second kappa shape index (κ2) is 2.81. The average molecular weight is 181 g/mol. The van der Waals surface area contributed by atoms with Gasteiger partial charge in [0, 0.05) is 30.5 Å². The first kappa shape index (κ1) is 9.20. The Balaban J connectivity index is 2.19. The third-order valence-electron chi connectivity index (χ3n) is 3.32. The topological polar surface area (TPSA) is 20.3 Å². The molecule has 0 aromatic carbocycles. The Hall–Kier alpha value is -0.370. The van der Waals surface area contributed by atoms with E-state index in [1.807, 2.05) is 0 Å². The molecule has 2 bridgehead atoms. The van der Waals surface area contributed by atoms with Crippen molar-refractivity contribution in [3.63, 3.8) is 0 Å². The van der Waals surface area contributed by atoms with Gasteiger partial charge < -0.3 is 0 Å². The van der Waals surface area contributed by atoms with Crippen molar-refractivity contribution in [1.82, 2.24) is 4.90 Å². The van der Waals surface area contributed by atoms with Crippen LogP contribution in [0.3, 0.4) is 0 Å². The molecule has 0 saturated carbocycles. The van der Waals surface area contributed by atoms with Gasteiger partial charge in [-0.05, 0) is 33.6 Å². The van der Waals surface area contributed by atoms with Crippen molar-refractivity contribution in [1.29, 1.82) is 0 Å². The zero-order valence-electron chi connectivity index (χ0n) is 8.84. The summed E-state index contributed by atoms with van der Waals surface area (Å²) < 4.78 is 0. The fourth-order valence-electron chi connectivity index (χ4n) is 3.07. The van der Waals surface area contributed by atoms with Crippen LogP contribution in [0, 0.1) is 0 Å². The van der Waals surface area contributed by atoms with Crippen molar-refractivity contribution >= 4 is 5.78 Å². The fourth-order valence-corrected chi connectivity index (χ4v) is 3.07. The van der Waals surface area contributed by atoms with Crippen LogP contribution in [0.5, 0.6) is 0 Å². The number of carbonyl (C=O) groups is 1. The fraction of sp³-hybridized carbons (Fsp3) is 0.909. The van der Waals surface area contributed by atoms with Gasteiger partial charge in [-0.25, -0.2) is 0 Å². The van der Waals surface area contributed by atoms with Crippen molar-refractivity contribution in [3.8, 4) is 0 Å². The van der Waals surface area contributed by atoms with E-state index in [0.717, 1.165) is 12.8 Å². The maximum atomic E-state index is 11.4. The summed E-state index contributed by atoms with van der Waals surface area (Å²) >= 11 is 0. The Labute approximate surface area is 80.3 Å². The van der Waals surface area contributed by atoms with Crippen molar-refractivity contribution in [3.05, 3.63) is 0 Å². The van der Waals surface area contributed by atoms with Crippen LogP contribution in [-0.2, 0) is 4.79 Å². The maximum absolute atomic E-state index is 11.4. The van der Waals surface area contributed by atoms with Crippen LogP contribution in [0.15, 0.2) is 0 Å². The monoisotopic (exact) mass is 181 g/mol. The van der Waals surface area contributed by atoms with E-state index in [2.05, 4.69) is 25.7 Å². The van der Waals surface area contributed by atoms with Gasteiger partial charge in [0.2, 0.25) is 0 Å². The molecule has 2 fully saturated rings. The standard InChI is InChI=1S/C11H19NO/c1-11(2,3)12-8-4-5-9(12)7-10(13)6-8/h8-9H,4-7H2,1-3H3. The van der Waals surface area contributed by atoms with E-state index in [4.69, 9.17) is 0 Å². The van der Waals surface area contributed by atoms with Gasteiger partial charge in [-0.3, -0.25) is 9.69 Å². The molecular formula is C11H19NO. The van der Waals surface area contributed by atoms with E-state index < -0.39 is 0 Å². The molecule has 0 aromatic rings. The van der Waals surface area contributed by atoms with Gasteiger partial charge >= 0.3 is 0 Å². The van der Waals surface area contributed by atoms with Crippen LogP contribution < -0.4 is 0 Å². The first-order chi connectivity index (χ1) is 5.98. The SMILES string of the molecule is CC(C)(C)N1C2CCC1CC(=O)C2. The van der Waals surface area contributed by atoms with Crippen molar-refractivity contribution < 1.29 is 4.79 Å². The molecule has 2 aliphatic heterocycles. The van der Waals surface area contributed by atoms with Crippen molar-refractivity contribution in [2.24, 2.45) is 0 Å². The smallest absolute Gasteiger partial charge is 0.136 e. The number of piperidine rings is 1. The minimum Gasteiger partial charge on any atom is -0.300 e. The summed E-state index contributed by atoms with van der Waals surface area (Å²) in [6.07, 6.45) is 4.06. The Bertz CT molecular complexity index is 213. The highest BCUT2D eigenvalue weighted by atomic mass is 16.1.